The van der Waals surface area contributed by atoms with E-state index in [4.69, 9.17) is 0 Å². The smallest absolute Gasteiger partial charge is 0.261 e. The molecule has 3 atom stereocenters. The number of H-pyrrole nitrogens is 1. The Bertz CT molecular complexity index is 1290. The Hall–Kier alpha value is -3.14. The second kappa shape index (κ2) is 10.1. The van der Waals surface area contributed by atoms with Crippen LogP contribution >= 0.6 is 22.7 Å². The molecule has 0 saturated carbocycles. The Kier molecular flexibility index (Phi) is 6.87. The van der Waals surface area contributed by atoms with Crippen molar-refractivity contribution < 1.29 is 9.59 Å². The molecule has 1 saturated heterocycles. The first kappa shape index (κ1) is 24.5. The summed E-state index contributed by atoms with van der Waals surface area (Å²) in [7, 11) is 1.64. The molecule has 12 heteroatoms. The minimum absolute atomic E-state index is 0.0604. The molecule has 0 bridgehead atoms. The van der Waals surface area contributed by atoms with Crippen LogP contribution in [0.5, 0.6) is 0 Å². The number of amides is 2. The molecular weight excluding hydrogens is 496 g/mol. The van der Waals surface area contributed by atoms with Gasteiger partial charge in [0.1, 0.15) is 6.04 Å². The lowest BCUT2D eigenvalue weighted by Crippen LogP contribution is -2.45. The number of nitrogens with zero attached hydrogens (tertiary/aromatic N) is 5. The van der Waals surface area contributed by atoms with Crippen LogP contribution in [0, 0.1) is 11.3 Å². The van der Waals surface area contributed by atoms with E-state index in [1.165, 1.54) is 16.2 Å². The molecule has 1 aliphatic carbocycles. The summed E-state index contributed by atoms with van der Waals surface area (Å²) in [6, 6.07) is 5.90. The molecule has 3 aromatic heterocycles. The number of thiophene rings is 2. The second-order valence-electron chi connectivity index (χ2n) is 9.29. The van der Waals surface area contributed by atoms with Crippen molar-refractivity contribution in [2.75, 3.05) is 20.1 Å². The first-order valence-electron chi connectivity index (χ1n) is 12.1. The second-order valence-corrected chi connectivity index (χ2v) is 11.4. The SMILES string of the molecule is CNC(=O)c1cc2c(s1)CCc1sccc1C2(C[C@@H](C)NCC(=O)N1CCCC1C#N)c1nn[nH]n1. The highest BCUT2D eigenvalue weighted by Gasteiger charge is 2.47. The average molecular weight is 525 g/mol. The van der Waals surface area contributed by atoms with Crippen LogP contribution in [0.3, 0.4) is 0 Å². The molecule has 2 unspecified atom stereocenters. The van der Waals surface area contributed by atoms with E-state index < -0.39 is 5.41 Å². The molecule has 0 aromatic carbocycles. The van der Waals surface area contributed by atoms with E-state index in [0.717, 1.165) is 41.7 Å². The van der Waals surface area contributed by atoms with Crippen LogP contribution in [0.2, 0.25) is 0 Å². The summed E-state index contributed by atoms with van der Waals surface area (Å²) >= 11 is 3.23. The molecule has 0 radical (unpaired) electrons. The van der Waals surface area contributed by atoms with E-state index in [-0.39, 0.29) is 30.4 Å². The van der Waals surface area contributed by atoms with Gasteiger partial charge >= 0.3 is 0 Å². The molecule has 3 aromatic rings. The minimum atomic E-state index is -0.727. The fraction of sp³-hybridized carbons (Fsp3) is 0.500. The van der Waals surface area contributed by atoms with Crippen molar-refractivity contribution >= 4 is 34.5 Å². The van der Waals surface area contributed by atoms with Crippen molar-refractivity contribution in [2.24, 2.45) is 0 Å². The maximum atomic E-state index is 12.9. The van der Waals surface area contributed by atoms with Gasteiger partial charge < -0.3 is 15.5 Å². The van der Waals surface area contributed by atoms with Gasteiger partial charge in [-0.3, -0.25) is 9.59 Å². The van der Waals surface area contributed by atoms with Gasteiger partial charge in [-0.15, -0.1) is 32.9 Å². The largest absolute Gasteiger partial charge is 0.354 e. The van der Waals surface area contributed by atoms with Gasteiger partial charge in [-0.2, -0.15) is 10.5 Å². The Balaban J connectivity index is 1.50. The van der Waals surface area contributed by atoms with Gasteiger partial charge in [-0.25, -0.2) is 0 Å². The molecule has 10 nitrogen and oxygen atoms in total. The van der Waals surface area contributed by atoms with Crippen molar-refractivity contribution in [2.45, 2.75) is 56.5 Å². The van der Waals surface area contributed by atoms with Crippen LogP contribution in [0.15, 0.2) is 17.5 Å². The number of rotatable bonds is 7. The van der Waals surface area contributed by atoms with Crippen molar-refractivity contribution in [1.82, 2.24) is 36.2 Å². The minimum Gasteiger partial charge on any atom is -0.354 e. The Morgan fingerprint density at radius 2 is 2.19 bits per heavy atom. The zero-order valence-corrected chi connectivity index (χ0v) is 21.8. The molecule has 1 fully saturated rings. The molecule has 3 N–H and O–H groups in total. The summed E-state index contributed by atoms with van der Waals surface area (Å²) in [5.41, 5.74) is 1.42. The number of aryl methyl sites for hydroxylation is 2. The van der Waals surface area contributed by atoms with Crippen LogP contribution in [0.25, 0.3) is 0 Å². The zero-order chi connectivity index (χ0) is 25.3. The van der Waals surface area contributed by atoms with E-state index in [2.05, 4.69) is 48.8 Å². The summed E-state index contributed by atoms with van der Waals surface area (Å²) < 4.78 is 0. The van der Waals surface area contributed by atoms with Gasteiger partial charge in [-0.05, 0) is 67.7 Å². The Morgan fingerprint density at radius 1 is 1.36 bits per heavy atom. The van der Waals surface area contributed by atoms with Crippen molar-refractivity contribution in [1.29, 1.82) is 5.26 Å². The van der Waals surface area contributed by atoms with Crippen LogP contribution < -0.4 is 10.6 Å². The van der Waals surface area contributed by atoms with E-state index in [0.29, 0.717) is 23.7 Å². The molecule has 36 heavy (non-hydrogen) atoms. The van der Waals surface area contributed by atoms with Crippen LogP contribution in [-0.4, -0.2) is 69.6 Å². The molecule has 2 aliphatic rings. The number of aromatic amines is 1. The third-order valence-electron chi connectivity index (χ3n) is 7.17. The monoisotopic (exact) mass is 524 g/mol. The highest BCUT2D eigenvalue weighted by Crippen LogP contribution is 2.49. The van der Waals surface area contributed by atoms with Gasteiger partial charge in [0.15, 0.2) is 5.82 Å². The number of tetrazole rings is 1. The lowest BCUT2D eigenvalue weighted by atomic mass is 9.70. The predicted octanol–water partition coefficient (Wildman–Crippen LogP) is 2.00. The molecule has 4 heterocycles. The van der Waals surface area contributed by atoms with Gasteiger partial charge in [0, 0.05) is 29.4 Å². The first-order chi connectivity index (χ1) is 17.5. The topological polar surface area (TPSA) is 140 Å². The average Bonchev–Trinajstić information content (AvgIpc) is 3.69. The third-order valence-corrected chi connectivity index (χ3v) is 9.34. The van der Waals surface area contributed by atoms with Crippen molar-refractivity contribution in [3.05, 3.63) is 49.1 Å². The number of hydrogen-bond donors (Lipinski definition) is 3. The van der Waals surface area contributed by atoms with Gasteiger partial charge in [0.25, 0.3) is 5.91 Å². The van der Waals surface area contributed by atoms with Gasteiger partial charge in [-0.1, -0.05) is 5.21 Å². The lowest BCUT2D eigenvalue weighted by molar-refractivity contribution is -0.130. The Labute approximate surface area is 217 Å². The summed E-state index contributed by atoms with van der Waals surface area (Å²) in [6.45, 7) is 2.82. The van der Waals surface area contributed by atoms with Crippen LogP contribution in [-0.2, 0) is 23.1 Å². The highest BCUT2D eigenvalue weighted by molar-refractivity contribution is 7.14. The zero-order valence-electron chi connectivity index (χ0n) is 20.2. The summed E-state index contributed by atoms with van der Waals surface area (Å²) in [6.07, 6.45) is 3.86. The quantitative estimate of drug-likeness (QED) is 0.429. The van der Waals surface area contributed by atoms with Gasteiger partial charge in [0.05, 0.1) is 22.9 Å². The number of nitrogens with one attached hydrogen (secondary N) is 3. The normalized spacial score (nSPS) is 21.8. The molecule has 188 valence electrons. The predicted molar refractivity (Wildman–Crippen MR) is 136 cm³/mol. The molecule has 5 rings (SSSR count). The molecule has 0 spiro atoms. The van der Waals surface area contributed by atoms with Crippen molar-refractivity contribution in [3.8, 4) is 6.07 Å². The summed E-state index contributed by atoms with van der Waals surface area (Å²) in [5, 5.41) is 33.0. The number of hydrogen-bond acceptors (Lipinski definition) is 9. The van der Waals surface area contributed by atoms with Crippen LogP contribution in [0.1, 0.15) is 62.6 Å². The molecule has 1 aliphatic heterocycles. The number of likely N-dealkylation sites (tertiary alicyclic amines) is 1. The maximum Gasteiger partial charge on any atom is 0.261 e. The fourth-order valence-electron chi connectivity index (χ4n) is 5.49. The highest BCUT2D eigenvalue weighted by atomic mass is 32.1. The first-order valence-corrected chi connectivity index (χ1v) is 13.8. The number of aromatic nitrogens is 4. The van der Waals surface area contributed by atoms with E-state index in [1.807, 2.05) is 13.0 Å². The molecule has 2 amide bonds. The fourth-order valence-corrected chi connectivity index (χ4v) is 7.63. The maximum absolute atomic E-state index is 12.9. The van der Waals surface area contributed by atoms with Crippen molar-refractivity contribution in [3.63, 3.8) is 0 Å². The van der Waals surface area contributed by atoms with E-state index in [1.54, 1.807) is 23.3 Å². The number of carbonyl (C=O) groups is 2. The number of nitriles is 1. The van der Waals surface area contributed by atoms with E-state index >= 15 is 0 Å². The van der Waals surface area contributed by atoms with Crippen LogP contribution in [0.4, 0.5) is 0 Å². The Morgan fingerprint density at radius 3 is 2.94 bits per heavy atom. The molecular formula is C24H28N8O2S2. The number of fused-ring (bicyclic) bond motifs is 2. The number of carbonyl (C=O) groups excluding carboxylic acids is 2. The van der Waals surface area contributed by atoms with E-state index in [9.17, 15) is 14.9 Å². The summed E-state index contributed by atoms with van der Waals surface area (Å²) in [5.74, 6) is 0.375. The van der Waals surface area contributed by atoms with Gasteiger partial charge in [0.2, 0.25) is 5.91 Å². The lowest BCUT2D eigenvalue weighted by Gasteiger charge is -2.34. The standard InChI is InChI=1S/C24H28N8O2S2/c1-14(27-13-21(33)32-8-3-4-15(32)12-25)11-24(23-28-30-31-29-23)16-7-9-35-18(16)5-6-19-17(24)10-20(36-19)22(34)26-2/h7,9-10,14-15,27H,3-6,8,11,13H2,1-2H3,(H,26,34)(H,28,29,30,31)/t14-,15?,24?/m1/s1. The third kappa shape index (κ3) is 4.21. The summed E-state index contributed by atoms with van der Waals surface area (Å²) in [4.78, 5) is 30.2.